The molecule has 4 heteroatoms. The van der Waals surface area contributed by atoms with E-state index in [0.717, 1.165) is 0 Å². The lowest BCUT2D eigenvalue weighted by Crippen LogP contribution is -2.28. The van der Waals surface area contributed by atoms with E-state index in [0.29, 0.717) is 17.6 Å². The molecule has 0 radical (unpaired) electrons. The number of cyclic esters (lactones) is 1. The van der Waals surface area contributed by atoms with Crippen LogP contribution in [0.5, 0.6) is 0 Å². The molecule has 0 fully saturated rings. The van der Waals surface area contributed by atoms with Crippen molar-refractivity contribution in [3.05, 3.63) is 23.3 Å². The fourth-order valence-corrected chi connectivity index (χ4v) is 1.47. The van der Waals surface area contributed by atoms with E-state index in [2.05, 4.69) is 0 Å². The summed E-state index contributed by atoms with van der Waals surface area (Å²) in [4.78, 5) is 11.3. The van der Waals surface area contributed by atoms with Crippen molar-refractivity contribution in [2.24, 2.45) is 0 Å². The summed E-state index contributed by atoms with van der Waals surface area (Å²) in [6.45, 7) is 3.61. The van der Waals surface area contributed by atoms with Gasteiger partial charge in [-0.3, -0.25) is 0 Å². The minimum atomic E-state index is -1.02. The summed E-state index contributed by atoms with van der Waals surface area (Å²) in [6, 6.07) is 0. The topological polar surface area (TPSA) is 66.8 Å². The van der Waals surface area contributed by atoms with Gasteiger partial charge < -0.3 is 14.9 Å². The fourth-order valence-electron chi connectivity index (χ4n) is 1.47. The molecule has 0 aromatic carbocycles. The lowest BCUT2D eigenvalue weighted by atomic mass is 9.99. The van der Waals surface area contributed by atoms with Crippen LogP contribution in [0.25, 0.3) is 0 Å². The van der Waals surface area contributed by atoms with E-state index < -0.39 is 18.2 Å². The van der Waals surface area contributed by atoms with Crippen LogP contribution >= 0.6 is 0 Å². The Morgan fingerprint density at radius 1 is 1.53 bits per heavy atom. The quantitative estimate of drug-likeness (QED) is 0.668. The molecule has 0 aromatic rings. The van der Waals surface area contributed by atoms with Crippen LogP contribution in [-0.2, 0) is 9.53 Å². The minimum Gasteiger partial charge on any atom is -0.457 e. The molecule has 1 heterocycles. The van der Waals surface area contributed by atoms with E-state index in [1.165, 1.54) is 0 Å². The maximum atomic E-state index is 11.3. The zero-order valence-corrected chi connectivity index (χ0v) is 8.93. The minimum absolute atomic E-state index is 0.0662. The van der Waals surface area contributed by atoms with Crippen LogP contribution in [0.2, 0.25) is 0 Å². The van der Waals surface area contributed by atoms with Gasteiger partial charge in [0.25, 0.3) is 0 Å². The first-order valence-corrected chi connectivity index (χ1v) is 5.00. The van der Waals surface area contributed by atoms with Crippen molar-refractivity contribution >= 4 is 5.97 Å². The van der Waals surface area contributed by atoms with Crippen molar-refractivity contribution in [2.45, 2.75) is 32.5 Å². The molecule has 1 aliphatic heterocycles. The molecule has 2 N–H and O–H groups in total. The van der Waals surface area contributed by atoms with Crippen LogP contribution in [0.15, 0.2) is 23.3 Å². The van der Waals surface area contributed by atoms with Gasteiger partial charge in [0.1, 0.15) is 12.7 Å². The predicted molar refractivity (Wildman–Crippen MR) is 55.1 cm³/mol. The average Bonchev–Trinajstić information content (AvgIpc) is 2.59. The zero-order chi connectivity index (χ0) is 11.4. The van der Waals surface area contributed by atoms with Crippen molar-refractivity contribution in [3.8, 4) is 0 Å². The van der Waals surface area contributed by atoms with Crippen molar-refractivity contribution in [2.75, 3.05) is 6.61 Å². The third-order valence-electron chi connectivity index (χ3n) is 2.40. The van der Waals surface area contributed by atoms with E-state index in [1.807, 2.05) is 0 Å². The summed E-state index contributed by atoms with van der Waals surface area (Å²) in [5.41, 5.74) is 0.824. The monoisotopic (exact) mass is 212 g/mol. The number of allylic oxidation sites excluding steroid dienone is 1. The Bertz CT molecular complexity index is 304. The van der Waals surface area contributed by atoms with E-state index in [-0.39, 0.29) is 6.61 Å². The molecule has 0 aromatic heterocycles. The molecule has 2 unspecified atom stereocenters. The van der Waals surface area contributed by atoms with Gasteiger partial charge in [-0.2, -0.15) is 0 Å². The Kier molecular flexibility index (Phi) is 4.05. The number of hydrogen-bond donors (Lipinski definition) is 2. The van der Waals surface area contributed by atoms with Crippen LogP contribution in [0.3, 0.4) is 0 Å². The van der Waals surface area contributed by atoms with E-state index in [4.69, 9.17) is 4.74 Å². The third-order valence-corrected chi connectivity index (χ3v) is 2.40. The van der Waals surface area contributed by atoms with Gasteiger partial charge in [0.2, 0.25) is 0 Å². The number of rotatable bonds is 4. The van der Waals surface area contributed by atoms with Crippen LogP contribution in [0, 0.1) is 0 Å². The van der Waals surface area contributed by atoms with Crippen molar-refractivity contribution in [3.63, 3.8) is 0 Å². The smallest absolute Gasteiger partial charge is 0.338 e. The molecule has 84 valence electrons. The molecule has 0 saturated carbocycles. The molecule has 0 bridgehead atoms. The Hall–Kier alpha value is -1.13. The summed E-state index contributed by atoms with van der Waals surface area (Å²) < 4.78 is 4.81. The van der Waals surface area contributed by atoms with Gasteiger partial charge >= 0.3 is 5.97 Å². The molecule has 0 amide bonds. The van der Waals surface area contributed by atoms with E-state index in [9.17, 15) is 15.0 Å². The number of aliphatic hydroxyl groups is 2. The number of carbonyl (C=O) groups excluding carboxylic acids is 1. The van der Waals surface area contributed by atoms with Crippen molar-refractivity contribution in [1.29, 1.82) is 0 Å². The Morgan fingerprint density at radius 3 is 2.73 bits per heavy atom. The van der Waals surface area contributed by atoms with Gasteiger partial charge in [0, 0.05) is 5.57 Å². The van der Waals surface area contributed by atoms with Gasteiger partial charge in [-0.05, 0) is 13.3 Å². The van der Waals surface area contributed by atoms with Gasteiger partial charge in [-0.15, -0.1) is 0 Å². The first kappa shape index (κ1) is 11.9. The maximum absolute atomic E-state index is 11.3. The highest BCUT2D eigenvalue weighted by molar-refractivity contribution is 5.95. The molecule has 1 aliphatic rings. The fraction of sp³-hybridized carbons (Fsp3) is 0.545. The summed E-state index contributed by atoms with van der Waals surface area (Å²) in [5.74, 6) is -0.439. The Labute approximate surface area is 88.9 Å². The van der Waals surface area contributed by atoms with Crippen LogP contribution in [-0.4, -0.2) is 35.0 Å². The van der Waals surface area contributed by atoms with E-state index >= 15 is 0 Å². The number of esters is 1. The predicted octanol–water partition coefficient (Wildman–Crippen LogP) is 0.548. The van der Waals surface area contributed by atoms with Crippen LogP contribution < -0.4 is 0 Å². The number of carbonyl (C=O) groups is 1. The molecule has 0 saturated heterocycles. The van der Waals surface area contributed by atoms with Crippen molar-refractivity contribution < 1.29 is 19.7 Å². The van der Waals surface area contributed by atoms with Crippen LogP contribution in [0.4, 0.5) is 0 Å². The average molecular weight is 212 g/mol. The Morgan fingerprint density at radius 2 is 2.20 bits per heavy atom. The second-order valence-corrected chi connectivity index (χ2v) is 3.44. The molecule has 0 aliphatic carbocycles. The summed E-state index contributed by atoms with van der Waals surface area (Å²) >= 11 is 0. The zero-order valence-electron chi connectivity index (χ0n) is 8.93. The first-order chi connectivity index (χ1) is 7.11. The van der Waals surface area contributed by atoms with Gasteiger partial charge in [-0.1, -0.05) is 19.1 Å². The van der Waals surface area contributed by atoms with Gasteiger partial charge in [0.15, 0.2) is 0 Å². The number of aliphatic hydroxyl groups excluding tert-OH is 2. The number of ether oxygens (including phenoxy) is 1. The molecule has 4 nitrogen and oxygen atoms in total. The summed E-state index contributed by atoms with van der Waals surface area (Å²) in [5, 5.41) is 19.2. The first-order valence-electron chi connectivity index (χ1n) is 5.00. The van der Waals surface area contributed by atoms with Gasteiger partial charge in [0.05, 0.1) is 11.7 Å². The van der Waals surface area contributed by atoms with Gasteiger partial charge in [-0.25, -0.2) is 4.79 Å². The normalized spacial score (nSPS) is 20.9. The highest BCUT2D eigenvalue weighted by Crippen LogP contribution is 2.22. The van der Waals surface area contributed by atoms with E-state index in [1.54, 1.807) is 26.0 Å². The Balaban J connectivity index is 2.95. The molecule has 15 heavy (non-hydrogen) atoms. The largest absolute Gasteiger partial charge is 0.457 e. The van der Waals surface area contributed by atoms with Crippen LogP contribution in [0.1, 0.15) is 20.3 Å². The highest BCUT2D eigenvalue weighted by atomic mass is 16.5. The lowest BCUT2D eigenvalue weighted by molar-refractivity contribution is -0.135. The standard InChI is InChI=1S/C11H16O4/c1-3-5-7-8(6-15-11(7)14)10(13)9(12)4-2/h3,5,9-10,12-13H,4,6H2,1-2H3/b5-3+. The highest BCUT2D eigenvalue weighted by Gasteiger charge is 2.30. The molecular weight excluding hydrogens is 196 g/mol. The second kappa shape index (κ2) is 5.09. The SMILES string of the molecule is C/C=C/C1=C(C(O)C(O)CC)COC1=O. The maximum Gasteiger partial charge on any atom is 0.338 e. The molecular formula is C11H16O4. The lowest BCUT2D eigenvalue weighted by Gasteiger charge is -2.16. The van der Waals surface area contributed by atoms with Crippen molar-refractivity contribution in [1.82, 2.24) is 0 Å². The molecule has 0 spiro atoms. The number of hydrogen-bond acceptors (Lipinski definition) is 4. The second-order valence-electron chi connectivity index (χ2n) is 3.44. The third kappa shape index (κ3) is 2.46. The summed E-state index contributed by atoms with van der Waals surface area (Å²) in [7, 11) is 0. The molecule has 2 atom stereocenters. The summed E-state index contributed by atoms with van der Waals surface area (Å²) in [6.07, 6.45) is 1.85. The molecule has 1 rings (SSSR count).